The molecule has 8 nitrogen and oxygen atoms in total. The van der Waals surface area contributed by atoms with E-state index in [-0.39, 0.29) is 24.0 Å². The van der Waals surface area contributed by atoms with Crippen molar-refractivity contribution >= 4 is 17.3 Å². The monoisotopic (exact) mass is 375 g/mol. The minimum Gasteiger partial charge on any atom is -0.395 e. The van der Waals surface area contributed by atoms with Gasteiger partial charge in [-0.05, 0) is 33.6 Å². The van der Waals surface area contributed by atoms with E-state index in [1.54, 1.807) is 21.0 Å². The van der Waals surface area contributed by atoms with Gasteiger partial charge in [-0.15, -0.1) is 0 Å². The Hall–Kier alpha value is -1.19. The highest BCUT2D eigenvalue weighted by Gasteiger charge is 2.16. The first-order valence-electron chi connectivity index (χ1n) is 9.06. The van der Waals surface area contributed by atoms with Crippen molar-refractivity contribution in [1.82, 2.24) is 16.0 Å². The fourth-order valence-electron chi connectivity index (χ4n) is 1.68. The maximum Gasteiger partial charge on any atom is 0.143 e. The number of carbonyl (C=O) groups excluding carboxylic acids is 3. The maximum atomic E-state index is 10.4. The van der Waals surface area contributed by atoms with Crippen LogP contribution >= 0.6 is 0 Å². The largest absolute Gasteiger partial charge is 0.395 e. The average molecular weight is 376 g/mol. The molecule has 0 atom stereocenters. The molecule has 0 aromatic carbocycles. The van der Waals surface area contributed by atoms with Crippen molar-refractivity contribution in [2.75, 3.05) is 53.0 Å². The molecule has 0 heterocycles. The fourth-order valence-corrected chi connectivity index (χ4v) is 1.68. The van der Waals surface area contributed by atoms with E-state index in [9.17, 15) is 14.4 Å². The Morgan fingerprint density at radius 1 is 0.923 bits per heavy atom. The van der Waals surface area contributed by atoms with E-state index in [1.807, 2.05) is 0 Å². The Morgan fingerprint density at radius 3 is 1.77 bits per heavy atom. The lowest BCUT2D eigenvalue weighted by Gasteiger charge is -2.25. The molecule has 0 unspecified atom stereocenters. The van der Waals surface area contributed by atoms with Gasteiger partial charge in [-0.3, -0.25) is 14.4 Å². The van der Waals surface area contributed by atoms with Crippen LogP contribution in [0.2, 0.25) is 0 Å². The number of hydrogen-bond donors (Lipinski definition) is 4. The smallest absolute Gasteiger partial charge is 0.143 e. The number of hydrogen-bond acceptors (Lipinski definition) is 8. The molecule has 1 rings (SSSR count). The number of nitrogens with one attached hydrogen (secondary N) is 3. The normalized spacial score (nSPS) is 12.8. The third kappa shape index (κ3) is 25.1. The Bertz CT molecular complexity index is 374. The molecule has 0 amide bonds. The van der Waals surface area contributed by atoms with Crippen LogP contribution in [0, 0.1) is 0 Å². The van der Waals surface area contributed by atoms with Crippen LogP contribution in [0.25, 0.3) is 0 Å². The molecule has 4 N–H and O–H groups in total. The number of carbonyl (C=O) groups is 3. The van der Waals surface area contributed by atoms with Crippen LogP contribution in [-0.2, 0) is 19.1 Å². The zero-order valence-electron chi connectivity index (χ0n) is 16.7. The molecule has 1 saturated carbocycles. The van der Waals surface area contributed by atoms with Gasteiger partial charge < -0.3 is 25.8 Å². The van der Waals surface area contributed by atoms with Gasteiger partial charge >= 0.3 is 0 Å². The predicted molar refractivity (Wildman–Crippen MR) is 102 cm³/mol. The zero-order chi connectivity index (χ0) is 20.2. The molecular weight excluding hydrogens is 338 g/mol. The molecule has 0 bridgehead atoms. The molecule has 0 radical (unpaired) electrons. The summed E-state index contributed by atoms with van der Waals surface area (Å²) in [5, 5.41) is 17.0. The first kappa shape index (κ1) is 27.0. The van der Waals surface area contributed by atoms with Crippen LogP contribution in [0.3, 0.4) is 0 Å². The van der Waals surface area contributed by atoms with Crippen molar-refractivity contribution in [3.05, 3.63) is 0 Å². The second kappa shape index (κ2) is 20.1. The van der Waals surface area contributed by atoms with Gasteiger partial charge in [-0.1, -0.05) is 6.42 Å². The maximum absolute atomic E-state index is 10.4. The van der Waals surface area contributed by atoms with Crippen molar-refractivity contribution < 1.29 is 24.2 Å². The summed E-state index contributed by atoms with van der Waals surface area (Å²) in [7, 11) is 1.63. The predicted octanol–water partition coefficient (Wildman–Crippen LogP) is -0.314. The number of aliphatic hydroxyl groups excluding tert-OH is 1. The number of methoxy groups -OCH3 is 1. The van der Waals surface area contributed by atoms with Gasteiger partial charge in [0.15, 0.2) is 0 Å². The summed E-state index contributed by atoms with van der Waals surface area (Å²) in [5.74, 6) is 0.492. The summed E-state index contributed by atoms with van der Waals surface area (Å²) in [6, 6.07) is 0.647. The molecule has 0 aromatic rings. The molecule has 0 aromatic heterocycles. The van der Waals surface area contributed by atoms with E-state index in [0.717, 1.165) is 6.54 Å². The number of rotatable bonds is 12. The highest BCUT2D eigenvalue weighted by atomic mass is 16.5. The SMILES string of the molecule is CC(=O)CNC1CCC1.CC(=O)CNCCO.COCCNCC(C)=O. The van der Waals surface area contributed by atoms with Crippen LogP contribution < -0.4 is 16.0 Å². The molecule has 0 aliphatic heterocycles. The number of aliphatic hydroxyl groups is 1. The van der Waals surface area contributed by atoms with E-state index in [2.05, 4.69) is 16.0 Å². The fraction of sp³-hybridized carbons (Fsp3) is 0.833. The Kier molecular flexibility index (Phi) is 20.9. The van der Waals surface area contributed by atoms with Crippen molar-refractivity contribution in [2.24, 2.45) is 0 Å². The third-order valence-electron chi connectivity index (χ3n) is 3.26. The summed E-state index contributed by atoms with van der Waals surface area (Å²) >= 11 is 0. The topological polar surface area (TPSA) is 117 Å². The minimum absolute atomic E-state index is 0.0906. The summed E-state index contributed by atoms with van der Waals surface area (Å²) in [4.78, 5) is 30.9. The standard InChI is InChI=1S/C7H13NO.C6H13NO2.C5H11NO2/c1-6(9)5-8-7-3-2-4-7;1-6(8)5-7-3-4-9-2;1-5(8)4-6-2-3-7/h7-8H,2-5H2,1H3;7H,3-5H2,1-2H3;6-7H,2-4H2,1H3. The van der Waals surface area contributed by atoms with Crippen molar-refractivity contribution in [1.29, 1.82) is 0 Å². The molecule has 154 valence electrons. The summed E-state index contributed by atoms with van der Waals surface area (Å²) in [6.45, 7) is 8.04. The number of Topliss-reactive ketones (excluding diaryl/α,β-unsaturated/α-hetero) is 3. The lowest BCUT2D eigenvalue weighted by molar-refractivity contribution is -0.117. The third-order valence-corrected chi connectivity index (χ3v) is 3.26. The molecular formula is C18H37N3O5. The summed E-state index contributed by atoms with van der Waals surface area (Å²) in [5.41, 5.74) is 0. The van der Waals surface area contributed by atoms with Gasteiger partial charge in [0.2, 0.25) is 0 Å². The van der Waals surface area contributed by atoms with E-state index < -0.39 is 0 Å². The van der Waals surface area contributed by atoms with Gasteiger partial charge in [0.1, 0.15) is 17.3 Å². The average Bonchev–Trinajstić information content (AvgIpc) is 2.51. The molecule has 1 aliphatic rings. The van der Waals surface area contributed by atoms with E-state index in [0.29, 0.717) is 38.8 Å². The Morgan fingerprint density at radius 2 is 1.42 bits per heavy atom. The van der Waals surface area contributed by atoms with Gasteiger partial charge in [-0.25, -0.2) is 0 Å². The molecule has 1 aliphatic carbocycles. The quantitative estimate of drug-likeness (QED) is 0.343. The van der Waals surface area contributed by atoms with Crippen LogP contribution in [0.15, 0.2) is 0 Å². The van der Waals surface area contributed by atoms with Crippen molar-refractivity contribution in [2.45, 2.75) is 46.1 Å². The van der Waals surface area contributed by atoms with Crippen molar-refractivity contribution in [3.8, 4) is 0 Å². The van der Waals surface area contributed by atoms with Gasteiger partial charge in [0.05, 0.1) is 32.8 Å². The molecule has 1 fully saturated rings. The second-order valence-electron chi connectivity index (χ2n) is 6.18. The first-order chi connectivity index (χ1) is 12.3. The molecule has 0 spiro atoms. The zero-order valence-corrected chi connectivity index (χ0v) is 16.7. The lowest BCUT2D eigenvalue weighted by Crippen LogP contribution is -2.37. The van der Waals surface area contributed by atoms with Crippen LogP contribution in [0.1, 0.15) is 40.0 Å². The molecule has 8 heteroatoms. The summed E-state index contributed by atoms with van der Waals surface area (Å²) < 4.78 is 4.75. The molecule has 26 heavy (non-hydrogen) atoms. The van der Waals surface area contributed by atoms with Crippen LogP contribution in [0.4, 0.5) is 0 Å². The van der Waals surface area contributed by atoms with Gasteiger partial charge in [-0.2, -0.15) is 0 Å². The van der Waals surface area contributed by atoms with E-state index in [1.165, 1.54) is 26.2 Å². The Labute approximate surface area is 157 Å². The highest BCUT2D eigenvalue weighted by Crippen LogP contribution is 2.17. The highest BCUT2D eigenvalue weighted by molar-refractivity contribution is 5.78. The summed E-state index contributed by atoms with van der Waals surface area (Å²) in [6.07, 6.45) is 3.84. The van der Waals surface area contributed by atoms with Crippen LogP contribution in [0.5, 0.6) is 0 Å². The lowest BCUT2D eigenvalue weighted by atomic mass is 9.93. The van der Waals surface area contributed by atoms with Gasteiger partial charge in [0, 0.05) is 26.2 Å². The minimum atomic E-state index is 0.0906. The first-order valence-corrected chi connectivity index (χ1v) is 9.06. The van der Waals surface area contributed by atoms with E-state index >= 15 is 0 Å². The number of ketones is 3. The Balaban J connectivity index is 0. The van der Waals surface area contributed by atoms with E-state index in [4.69, 9.17) is 9.84 Å². The van der Waals surface area contributed by atoms with Gasteiger partial charge in [0.25, 0.3) is 0 Å². The molecule has 0 saturated heterocycles. The van der Waals surface area contributed by atoms with Crippen LogP contribution in [-0.4, -0.2) is 81.5 Å². The number of ether oxygens (including phenoxy) is 1. The second-order valence-corrected chi connectivity index (χ2v) is 6.18. The van der Waals surface area contributed by atoms with Crippen molar-refractivity contribution in [3.63, 3.8) is 0 Å².